The summed E-state index contributed by atoms with van der Waals surface area (Å²) in [6.45, 7) is 5.40. The maximum Gasteiger partial charge on any atom is 0.257 e. The highest BCUT2D eigenvalue weighted by Gasteiger charge is 2.16. The van der Waals surface area contributed by atoms with Crippen LogP contribution in [0.5, 0.6) is 0 Å². The Morgan fingerprint density at radius 2 is 1.90 bits per heavy atom. The average molecular weight is 479 g/mol. The summed E-state index contributed by atoms with van der Waals surface area (Å²) in [5, 5.41) is 6.00. The van der Waals surface area contributed by atoms with Crippen molar-refractivity contribution in [3.8, 4) is 10.6 Å². The largest absolute Gasteiger partial charge is 0.351 e. The number of amides is 2. The molecule has 0 fully saturated rings. The van der Waals surface area contributed by atoms with Gasteiger partial charge in [0, 0.05) is 27.9 Å². The number of thiophene rings is 1. The van der Waals surface area contributed by atoms with Gasteiger partial charge in [-0.2, -0.15) is 0 Å². The number of hydrogen-bond donors (Lipinski definition) is 3. The van der Waals surface area contributed by atoms with Crippen molar-refractivity contribution in [2.45, 2.75) is 27.3 Å². The van der Waals surface area contributed by atoms with E-state index in [1.165, 1.54) is 42.6 Å². The van der Waals surface area contributed by atoms with Crippen LogP contribution in [0.2, 0.25) is 0 Å². The van der Waals surface area contributed by atoms with Crippen molar-refractivity contribution in [2.24, 2.45) is 0 Å². The van der Waals surface area contributed by atoms with Gasteiger partial charge in [0.2, 0.25) is 15.9 Å². The lowest BCUT2D eigenvalue weighted by Crippen LogP contribution is -2.17. The van der Waals surface area contributed by atoms with Gasteiger partial charge in [0.1, 0.15) is 0 Å². The molecule has 0 unspecified atom stereocenters. The molecule has 0 saturated carbocycles. The second-order valence-electron chi connectivity index (χ2n) is 6.64. The van der Waals surface area contributed by atoms with Gasteiger partial charge in [-0.3, -0.25) is 19.6 Å². The quantitative estimate of drug-likeness (QED) is 0.455. The van der Waals surface area contributed by atoms with Crippen molar-refractivity contribution in [1.82, 2.24) is 10.3 Å². The maximum atomic E-state index is 12.7. The highest BCUT2D eigenvalue weighted by molar-refractivity contribution is 7.92. The van der Waals surface area contributed by atoms with E-state index in [1.54, 1.807) is 18.2 Å². The Morgan fingerprint density at radius 3 is 2.61 bits per heavy atom. The first-order valence-electron chi connectivity index (χ1n) is 9.39. The molecule has 3 aromatic rings. The number of carbonyl (C=O) groups is 2. The Kier molecular flexibility index (Phi) is 7.08. The molecule has 0 bridgehead atoms. The Labute approximate surface area is 188 Å². The minimum absolute atomic E-state index is 0.0557. The molecular weight excluding hydrogens is 456 g/mol. The number of sulfonamides is 1. The van der Waals surface area contributed by atoms with E-state index in [0.717, 1.165) is 20.3 Å². The zero-order valence-electron chi connectivity index (χ0n) is 17.2. The van der Waals surface area contributed by atoms with Crippen molar-refractivity contribution in [1.29, 1.82) is 0 Å². The van der Waals surface area contributed by atoms with Crippen molar-refractivity contribution >= 4 is 55.3 Å². The van der Waals surface area contributed by atoms with E-state index >= 15 is 0 Å². The molecule has 1 aromatic carbocycles. The predicted molar refractivity (Wildman–Crippen MR) is 125 cm³/mol. The van der Waals surface area contributed by atoms with Crippen LogP contribution in [0.4, 0.5) is 10.8 Å². The number of thiazole rings is 1. The topological polar surface area (TPSA) is 117 Å². The highest BCUT2D eigenvalue weighted by Crippen LogP contribution is 2.35. The summed E-state index contributed by atoms with van der Waals surface area (Å²) in [6, 6.07) is 10.2. The van der Waals surface area contributed by atoms with E-state index in [0.29, 0.717) is 22.9 Å². The first-order valence-corrected chi connectivity index (χ1v) is 12.7. The molecule has 0 aliphatic heterocycles. The number of nitrogens with one attached hydrogen (secondary N) is 3. The second-order valence-corrected chi connectivity index (χ2v) is 11.0. The van der Waals surface area contributed by atoms with Gasteiger partial charge >= 0.3 is 0 Å². The SMILES string of the molecule is CCS(=O)(=O)Nc1cccc(C(=O)Nc2nc(-c3ccc(CNC(C)=O)s3)c(C)s2)c1. The number of anilines is 2. The number of aryl methyl sites for hydroxylation is 1. The summed E-state index contributed by atoms with van der Waals surface area (Å²) in [5.74, 6) is -0.522. The van der Waals surface area contributed by atoms with Crippen LogP contribution in [0.15, 0.2) is 36.4 Å². The van der Waals surface area contributed by atoms with E-state index in [1.807, 2.05) is 19.1 Å². The smallest absolute Gasteiger partial charge is 0.257 e. The molecule has 11 heteroatoms. The predicted octanol–water partition coefficient (Wildman–Crippen LogP) is 3.83. The van der Waals surface area contributed by atoms with Crippen molar-refractivity contribution in [2.75, 3.05) is 15.8 Å². The third kappa shape index (κ3) is 6.12. The fourth-order valence-electron chi connectivity index (χ4n) is 2.64. The van der Waals surface area contributed by atoms with Crippen molar-refractivity contribution < 1.29 is 18.0 Å². The van der Waals surface area contributed by atoms with Crippen LogP contribution >= 0.6 is 22.7 Å². The number of hydrogen-bond acceptors (Lipinski definition) is 7. The lowest BCUT2D eigenvalue weighted by atomic mass is 10.2. The molecule has 0 aliphatic carbocycles. The standard InChI is InChI=1S/C20H22N4O4S3/c1-4-31(27,28)24-15-7-5-6-14(10-15)19(26)23-20-22-18(12(2)29-20)17-9-8-16(30-17)11-21-13(3)25/h5-10,24H,4,11H2,1-3H3,(H,21,25)(H,22,23,26). The van der Waals surface area contributed by atoms with Gasteiger partial charge < -0.3 is 5.32 Å². The van der Waals surface area contributed by atoms with Crippen LogP contribution in [0, 0.1) is 6.92 Å². The van der Waals surface area contributed by atoms with Crippen LogP contribution < -0.4 is 15.4 Å². The average Bonchev–Trinajstić information content (AvgIpc) is 3.32. The van der Waals surface area contributed by atoms with Crippen LogP contribution in [-0.2, 0) is 21.4 Å². The van der Waals surface area contributed by atoms with E-state index in [4.69, 9.17) is 0 Å². The van der Waals surface area contributed by atoms with Crippen LogP contribution in [0.25, 0.3) is 10.6 Å². The van der Waals surface area contributed by atoms with Gasteiger partial charge in [-0.15, -0.1) is 22.7 Å². The molecule has 2 aromatic heterocycles. The van der Waals surface area contributed by atoms with Crippen molar-refractivity contribution in [3.05, 3.63) is 51.7 Å². The fourth-order valence-corrected chi connectivity index (χ4v) is 5.15. The molecule has 0 saturated heterocycles. The van der Waals surface area contributed by atoms with Gasteiger partial charge in [0.05, 0.1) is 22.9 Å². The summed E-state index contributed by atoms with van der Waals surface area (Å²) in [5.41, 5.74) is 1.43. The van der Waals surface area contributed by atoms with Gasteiger partial charge in [-0.05, 0) is 44.2 Å². The molecule has 0 aliphatic rings. The van der Waals surface area contributed by atoms with E-state index in [9.17, 15) is 18.0 Å². The molecule has 8 nitrogen and oxygen atoms in total. The molecule has 3 N–H and O–H groups in total. The van der Waals surface area contributed by atoms with Gasteiger partial charge in [-0.25, -0.2) is 13.4 Å². The molecule has 0 radical (unpaired) electrons. The first-order chi connectivity index (χ1) is 14.7. The zero-order chi connectivity index (χ0) is 22.6. The normalized spacial score (nSPS) is 11.2. The number of nitrogens with zero attached hydrogens (tertiary/aromatic N) is 1. The third-order valence-corrected chi connectivity index (χ3v) is 7.49. The third-order valence-electron chi connectivity index (χ3n) is 4.20. The first kappa shape index (κ1) is 22.9. The van der Waals surface area contributed by atoms with E-state index in [-0.39, 0.29) is 17.6 Å². The molecule has 0 atom stereocenters. The highest BCUT2D eigenvalue weighted by atomic mass is 32.2. The molecule has 3 rings (SSSR count). The van der Waals surface area contributed by atoms with Crippen molar-refractivity contribution in [3.63, 3.8) is 0 Å². The maximum absolute atomic E-state index is 12.7. The Bertz CT molecular complexity index is 1210. The van der Waals surface area contributed by atoms with E-state index < -0.39 is 10.0 Å². The Hall–Kier alpha value is -2.76. The zero-order valence-corrected chi connectivity index (χ0v) is 19.6. The lowest BCUT2D eigenvalue weighted by Gasteiger charge is -2.07. The molecule has 164 valence electrons. The van der Waals surface area contributed by atoms with Crippen LogP contribution in [0.3, 0.4) is 0 Å². The fraction of sp³-hybridized carbons (Fsp3) is 0.250. The molecular formula is C20H22N4O4S3. The summed E-state index contributed by atoms with van der Waals surface area (Å²) in [6.07, 6.45) is 0. The Balaban J connectivity index is 1.73. The van der Waals surface area contributed by atoms with Crippen LogP contribution in [0.1, 0.15) is 34.0 Å². The van der Waals surface area contributed by atoms with Gasteiger partial charge in [0.25, 0.3) is 5.91 Å². The summed E-state index contributed by atoms with van der Waals surface area (Å²) in [4.78, 5) is 31.2. The summed E-state index contributed by atoms with van der Waals surface area (Å²) >= 11 is 2.89. The molecule has 31 heavy (non-hydrogen) atoms. The molecule has 2 amide bonds. The number of rotatable bonds is 8. The summed E-state index contributed by atoms with van der Waals surface area (Å²) in [7, 11) is -3.43. The monoisotopic (exact) mass is 478 g/mol. The van der Waals surface area contributed by atoms with E-state index in [2.05, 4.69) is 20.3 Å². The van der Waals surface area contributed by atoms with Gasteiger partial charge in [-0.1, -0.05) is 6.07 Å². The summed E-state index contributed by atoms with van der Waals surface area (Å²) < 4.78 is 25.9. The molecule has 0 spiro atoms. The number of benzene rings is 1. The minimum Gasteiger partial charge on any atom is -0.351 e. The van der Waals surface area contributed by atoms with Gasteiger partial charge in [0.15, 0.2) is 5.13 Å². The van der Waals surface area contributed by atoms with Crippen LogP contribution in [-0.4, -0.2) is 31.0 Å². The molecule has 2 heterocycles. The lowest BCUT2D eigenvalue weighted by molar-refractivity contribution is -0.119. The minimum atomic E-state index is -3.43. The second kappa shape index (κ2) is 9.58. The Morgan fingerprint density at radius 1 is 1.13 bits per heavy atom. The number of carbonyl (C=O) groups excluding carboxylic acids is 2. The number of aromatic nitrogens is 1.